The van der Waals surface area contributed by atoms with Crippen LogP contribution in [0.15, 0.2) is 24.3 Å². The minimum atomic E-state index is -0.403. The normalized spacial score (nSPS) is 14.7. The maximum absolute atomic E-state index is 14.4. The van der Waals surface area contributed by atoms with Crippen LogP contribution < -0.4 is 4.90 Å². The van der Waals surface area contributed by atoms with Crippen LogP contribution >= 0.6 is 11.3 Å². The van der Waals surface area contributed by atoms with Gasteiger partial charge in [-0.2, -0.15) is 5.10 Å². The number of halogens is 1. The molecule has 0 bridgehead atoms. The fourth-order valence-corrected chi connectivity index (χ4v) is 4.69. The predicted molar refractivity (Wildman–Crippen MR) is 108 cm³/mol. The van der Waals surface area contributed by atoms with Gasteiger partial charge in [0.05, 0.1) is 16.3 Å². The average molecular weight is 400 g/mol. The van der Waals surface area contributed by atoms with E-state index in [1.165, 1.54) is 24.3 Å². The minimum Gasteiger partial charge on any atom is -0.366 e. The zero-order valence-electron chi connectivity index (χ0n) is 16.0. The van der Waals surface area contributed by atoms with Crippen molar-refractivity contribution in [3.05, 3.63) is 46.2 Å². The summed E-state index contributed by atoms with van der Waals surface area (Å²) in [4.78, 5) is 29.7. The zero-order valence-corrected chi connectivity index (χ0v) is 16.8. The van der Waals surface area contributed by atoms with E-state index in [4.69, 9.17) is 0 Å². The molecule has 8 heteroatoms. The Morgan fingerprint density at radius 3 is 2.46 bits per heavy atom. The van der Waals surface area contributed by atoms with Gasteiger partial charge in [-0.1, -0.05) is 0 Å². The lowest BCUT2D eigenvalue weighted by molar-refractivity contribution is 0.0751. The Morgan fingerprint density at radius 2 is 1.86 bits per heavy atom. The zero-order chi connectivity index (χ0) is 20.0. The summed E-state index contributed by atoms with van der Waals surface area (Å²) in [6.45, 7) is 5.51. The van der Waals surface area contributed by atoms with E-state index in [9.17, 15) is 14.0 Å². The van der Waals surface area contributed by atoms with Gasteiger partial charge < -0.3 is 9.80 Å². The Hall–Kier alpha value is -2.74. The van der Waals surface area contributed by atoms with Crippen molar-refractivity contribution in [3.63, 3.8) is 0 Å². The van der Waals surface area contributed by atoms with Gasteiger partial charge in [0, 0.05) is 44.2 Å². The Kier molecular flexibility index (Phi) is 4.66. The Balaban J connectivity index is 1.46. The van der Waals surface area contributed by atoms with E-state index in [1.54, 1.807) is 16.8 Å². The number of aromatic nitrogens is 2. The molecule has 3 aromatic rings. The summed E-state index contributed by atoms with van der Waals surface area (Å²) in [5, 5.41) is 5.39. The molecule has 4 rings (SSSR count). The summed E-state index contributed by atoms with van der Waals surface area (Å²) in [6.07, 6.45) is 0. The van der Waals surface area contributed by atoms with Gasteiger partial charge >= 0.3 is 0 Å². The molecule has 0 N–H and O–H groups in total. The second-order valence-corrected chi connectivity index (χ2v) is 8.07. The van der Waals surface area contributed by atoms with Crippen LogP contribution in [-0.2, 0) is 7.05 Å². The highest BCUT2D eigenvalue weighted by Gasteiger charge is 2.26. The van der Waals surface area contributed by atoms with Gasteiger partial charge in [0.25, 0.3) is 5.91 Å². The van der Waals surface area contributed by atoms with Crippen LogP contribution in [0.3, 0.4) is 0 Å². The van der Waals surface area contributed by atoms with Crippen LogP contribution in [0.25, 0.3) is 10.2 Å². The minimum absolute atomic E-state index is 0.00708. The first-order valence-corrected chi connectivity index (χ1v) is 9.94. The predicted octanol–water partition coefficient (Wildman–Crippen LogP) is 3.25. The molecule has 0 aliphatic carbocycles. The SMILES string of the molecule is CC(=O)c1ccc(N2CCN(C(=O)c3cc4c(C)nn(C)c4s3)CC2)c(F)c1. The van der Waals surface area contributed by atoms with Crippen LogP contribution in [0.2, 0.25) is 0 Å². The van der Waals surface area contributed by atoms with Gasteiger partial charge in [-0.25, -0.2) is 4.39 Å². The van der Waals surface area contributed by atoms with Crippen LogP contribution in [0, 0.1) is 12.7 Å². The van der Waals surface area contributed by atoms with Crippen molar-refractivity contribution >= 4 is 38.9 Å². The second kappa shape index (κ2) is 7.01. The van der Waals surface area contributed by atoms with Gasteiger partial charge in [-0.05, 0) is 38.1 Å². The Labute approximate surface area is 166 Å². The molecule has 0 radical (unpaired) electrons. The van der Waals surface area contributed by atoms with Crippen LogP contribution in [0.5, 0.6) is 0 Å². The molecule has 0 spiro atoms. The molecule has 0 saturated carbocycles. The number of piperazine rings is 1. The molecule has 1 fully saturated rings. The van der Waals surface area contributed by atoms with E-state index in [-0.39, 0.29) is 11.7 Å². The lowest BCUT2D eigenvalue weighted by Crippen LogP contribution is -2.48. The van der Waals surface area contributed by atoms with Gasteiger partial charge in [-0.15, -0.1) is 11.3 Å². The molecule has 146 valence electrons. The van der Waals surface area contributed by atoms with Gasteiger partial charge in [0.1, 0.15) is 10.6 Å². The Bertz CT molecular complexity index is 1050. The van der Waals surface area contributed by atoms with Gasteiger partial charge in [-0.3, -0.25) is 14.3 Å². The van der Waals surface area contributed by atoms with Crippen molar-refractivity contribution in [2.45, 2.75) is 13.8 Å². The fourth-order valence-electron chi connectivity index (χ4n) is 3.60. The smallest absolute Gasteiger partial charge is 0.264 e. The lowest BCUT2D eigenvalue weighted by Gasteiger charge is -2.36. The summed E-state index contributed by atoms with van der Waals surface area (Å²) >= 11 is 1.45. The number of aryl methyl sites for hydroxylation is 2. The quantitative estimate of drug-likeness (QED) is 0.634. The number of hydrogen-bond acceptors (Lipinski definition) is 5. The maximum atomic E-state index is 14.4. The molecule has 2 aromatic heterocycles. The molecule has 1 amide bonds. The number of nitrogens with zero attached hydrogens (tertiary/aromatic N) is 4. The second-order valence-electron chi connectivity index (χ2n) is 7.04. The molecule has 28 heavy (non-hydrogen) atoms. The highest BCUT2D eigenvalue weighted by Crippen LogP contribution is 2.29. The fraction of sp³-hybridized carbons (Fsp3) is 0.350. The number of amides is 1. The largest absolute Gasteiger partial charge is 0.366 e. The van der Waals surface area contributed by atoms with Crippen molar-refractivity contribution in [2.75, 3.05) is 31.1 Å². The standard InChI is InChI=1S/C20H21FN4O2S/c1-12-15-11-18(28-20(15)23(3)22-12)19(27)25-8-6-24(7-9-25)17-5-4-14(13(2)26)10-16(17)21/h4-5,10-11H,6-9H2,1-3H3. The summed E-state index contributed by atoms with van der Waals surface area (Å²) < 4.78 is 16.2. The summed E-state index contributed by atoms with van der Waals surface area (Å²) in [7, 11) is 1.88. The van der Waals surface area contributed by atoms with Crippen LogP contribution in [0.1, 0.15) is 32.6 Å². The molecule has 6 nitrogen and oxygen atoms in total. The van der Waals surface area contributed by atoms with E-state index in [2.05, 4.69) is 5.10 Å². The number of thiophene rings is 1. The van der Waals surface area contributed by atoms with E-state index >= 15 is 0 Å². The van der Waals surface area contributed by atoms with Crippen molar-refractivity contribution in [1.82, 2.24) is 14.7 Å². The Morgan fingerprint density at radius 1 is 1.14 bits per heavy atom. The molecule has 1 aliphatic heterocycles. The molecular formula is C20H21FN4O2S. The molecule has 1 aliphatic rings. The molecule has 0 atom stereocenters. The number of anilines is 1. The average Bonchev–Trinajstić information content (AvgIpc) is 3.23. The number of carbonyl (C=O) groups is 2. The first-order chi connectivity index (χ1) is 13.3. The molecule has 0 unspecified atom stereocenters. The topological polar surface area (TPSA) is 58.4 Å². The number of benzene rings is 1. The first kappa shape index (κ1) is 18.6. The maximum Gasteiger partial charge on any atom is 0.264 e. The highest BCUT2D eigenvalue weighted by molar-refractivity contribution is 7.20. The lowest BCUT2D eigenvalue weighted by atomic mass is 10.1. The van der Waals surface area contributed by atoms with E-state index in [0.717, 1.165) is 15.9 Å². The number of ketones is 1. The van der Waals surface area contributed by atoms with E-state index in [0.29, 0.717) is 42.3 Å². The van der Waals surface area contributed by atoms with Crippen LogP contribution in [0.4, 0.5) is 10.1 Å². The third-order valence-electron chi connectivity index (χ3n) is 5.17. The molecule has 3 heterocycles. The van der Waals surface area contributed by atoms with Crippen molar-refractivity contribution in [3.8, 4) is 0 Å². The molecular weight excluding hydrogens is 379 g/mol. The third kappa shape index (κ3) is 3.17. The van der Waals surface area contributed by atoms with E-state index < -0.39 is 5.82 Å². The highest BCUT2D eigenvalue weighted by atomic mass is 32.1. The summed E-state index contributed by atoms with van der Waals surface area (Å²) in [6, 6.07) is 6.48. The van der Waals surface area contributed by atoms with Crippen LogP contribution in [-0.4, -0.2) is 52.5 Å². The molecule has 1 aromatic carbocycles. The van der Waals surface area contributed by atoms with E-state index in [1.807, 2.05) is 29.8 Å². The number of rotatable bonds is 3. The molecule has 1 saturated heterocycles. The third-order valence-corrected chi connectivity index (χ3v) is 6.36. The number of Topliss-reactive ketones (excluding diaryl/α,β-unsaturated/α-hetero) is 1. The number of fused-ring (bicyclic) bond motifs is 1. The van der Waals surface area contributed by atoms with Crippen molar-refractivity contribution < 1.29 is 14.0 Å². The summed E-state index contributed by atoms with van der Waals surface area (Å²) in [5.41, 5.74) is 1.76. The van der Waals surface area contributed by atoms with Crippen molar-refractivity contribution in [1.29, 1.82) is 0 Å². The van der Waals surface area contributed by atoms with Gasteiger partial charge in [0.15, 0.2) is 5.78 Å². The van der Waals surface area contributed by atoms with Gasteiger partial charge in [0.2, 0.25) is 0 Å². The van der Waals surface area contributed by atoms with Crippen molar-refractivity contribution in [2.24, 2.45) is 7.05 Å². The first-order valence-electron chi connectivity index (χ1n) is 9.13. The monoisotopic (exact) mass is 400 g/mol. The summed E-state index contributed by atoms with van der Waals surface area (Å²) in [5.74, 6) is -0.553. The number of carbonyl (C=O) groups excluding carboxylic acids is 2. The number of hydrogen-bond donors (Lipinski definition) is 0.